The number of aromatic nitrogens is 2. The fourth-order valence-corrected chi connectivity index (χ4v) is 2.43. The molecule has 0 aliphatic carbocycles. The van der Waals surface area contributed by atoms with Gasteiger partial charge in [-0.05, 0) is 36.7 Å². The Morgan fingerprint density at radius 1 is 1.37 bits per heavy atom. The third kappa shape index (κ3) is 3.50. The molecule has 3 nitrogen and oxygen atoms in total. The molecular weight excluding hydrogens is 281 g/mol. The molecule has 0 fully saturated rings. The second kappa shape index (κ2) is 6.42. The van der Waals surface area contributed by atoms with E-state index in [1.165, 1.54) is 0 Å². The average Bonchev–Trinajstić information content (AvgIpc) is 2.80. The molecule has 0 aliphatic heterocycles. The Bertz CT molecular complexity index is 551. The van der Waals surface area contributed by atoms with Crippen LogP contribution in [0.4, 0.5) is 0 Å². The van der Waals surface area contributed by atoms with Gasteiger partial charge in [-0.1, -0.05) is 30.1 Å². The highest BCUT2D eigenvalue weighted by molar-refractivity contribution is 6.33. The predicted molar refractivity (Wildman–Crippen MR) is 79.8 cm³/mol. The van der Waals surface area contributed by atoms with Crippen LogP contribution in [-0.4, -0.2) is 16.3 Å². The van der Waals surface area contributed by atoms with E-state index >= 15 is 0 Å². The third-order valence-electron chi connectivity index (χ3n) is 2.93. The summed E-state index contributed by atoms with van der Waals surface area (Å²) in [4.78, 5) is 0. The first-order valence-corrected chi connectivity index (χ1v) is 7.04. The van der Waals surface area contributed by atoms with Gasteiger partial charge in [-0.25, -0.2) is 0 Å². The molecule has 2 aromatic rings. The summed E-state index contributed by atoms with van der Waals surface area (Å²) in [6.45, 7) is 3.04. The number of aryl methyl sites for hydroxylation is 1. The second-order valence-electron chi connectivity index (χ2n) is 4.50. The number of hydrogen-bond donors (Lipinski definition) is 1. The number of rotatable bonds is 5. The summed E-state index contributed by atoms with van der Waals surface area (Å²) in [5.41, 5.74) is 2.07. The lowest BCUT2D eigenvalue weighted by Gasteiger charge is -2.19. The smallest absolute Gasteiger partial charge is 0.0623 e. The normalized spacial score (nSPS) is 12.6. The molecule has 1 heterocycles. The molecule has 0 saturated carbocycles. The predicted octanol–water partition coefficient (Wildman–Crippen LogP) is 3.82. The highest BCUT2D eigenvalue weighted by Crippen LogP contribution is 2.30. The number of nitrogens with one attached hydrogen (secondary N) is 1. The minimum absolute atomic E-state index is 0.0137. The molecule has 0 amide bonds. The van der Waals surface area contributed by atoms with Crippen molar-refractivity contribution in [2.75, 3.05) is 6.54 Å². The zero-order chi connectivity index (χ0) is 13.8. The van der Waals surface area contributed by atoms with Crippen LogP contribution in [0.3, 0.4) is 0 Å². The lowest BCUT2D eigenvalue weighted by atomic mass is 10.0. The van der Waals surface area contributed by atoms with E-state index in [4.69, 9.17) is 23.2 Å². The molecule has 1 aromatic carbocycles. The Morgan fingerprint density at radius 3 is 2.79 bits per heavy atom. The van der Waals surface area contributed by atoms with Crippen molar-refractivity contribution in [1.82, 2.24) is 15.1 Å². The van der Waals surface area contributed by atoms with Crippen molar-refractivity contribution in [2.24, 2.45) is 7.05 Å². The fourth-order valence-electron chi connectivity index (χ4n) is 2.02. The molecule has 1 N–H and O–H groups in total. The molecule has 19 heavy (non-hydrogen) atoms. The maximum atomic E-state index is 6.30. The summed E-state index contributed by atoms with van der Waals surface area (Å²) < 4.78 is 1.79. The molecule has 0 spiro atoms. The quantitative estimate of drug-likeness (QED) is 0.909. The van der Waals surface area contributed by atoms with Gasteiger partial charge < -0.3 is 5.32 Å². The van der Waals surface area contributed by atoms with Gasteiger partial charge in [-0.15, -0.1) is 0 Å². The van der Waals surface area contributed by atoms with E-state index in [0.29, 0.717) is 10.0 Å². The molecule has 102 valence electrons. The summed E-state index contributed by atoms with van der Waals surface area (Å²) in [6.07, 6.45) is 4.89. The molecule has 1 aromatic heterocycles. The van der Waals surface area contributed by atoms with Crippen molar-refractivity contribution in [3.05, 3.63) is 51.8 Å². The number of halogens is 2. The monoisotopic (exact) mass is 297 g/mol. The Morgan fingerprint density at radius 2 is 2.16 bits per heavy atom. The van der Waals surface area contributed by atoms with Crippen molar-refractivity contribution < 1.29 is 0 Å². The van der Waals surface area contributed by atoms with Gasteiger partial charge in [0.1, 0.15) is 0 Å². The first-order chi connectivity index (χ1) is 9.11. The maximum absolute atomic E-state index is 6.30. The van der Waals surface area contributed by atoms with E-state index in [-0.39, 0.29) is 6.04 Å². The van der Waals surface area contributed by atoms with Gasteiger partial charge in [0.05, 0.1) is 12.2 Å². The van der Waals surface area contributed by atoms with E-state index in [1.54, 1.807) is 10.7 Å². The van der Waals surface area contributed by atoms with Crippen molar-refractivity contribution in [1.29, 1.82) is 0 Å². The molecule has 0 saturated heterocycles. The summed E-state index contributed by atoms with van der Waals surface area (Å²) in [5.74, 6) is 0. The first kappa shape index (κ1) is 14.4. The minimum Gasteiger partial charge on any atom is -0.306 e. The van der Waals surface area contributed by atoms with E-state index in [9.17, 15) is 0 Å². The molecule has 5 heteroatoms. The maximum Gasteiger partial charge on any atom is 0.0623 e. The number of hydrogen-bond acceptors (Lipinski definition) is 2. The van der Waals surface area contributed by atoms with Crippen molar-refractivity contribution >= 4 is 23.2 Å². The summed E-state index contributed by atoms with van der Waals surface area (Å²) in [6, 6.07) is 5.55. The number of nitrogens with zero attached hydrogens (tertiary/aromatic N) is 2. The Labute approximate surface area is 123 Å². The van der Waals surface area contributed by atoms with Crippen LogP contribution in [0.15, 0.2) is 30.6 Å². The van der Waals surface area contributed by atoms with Crippen molar-refractivity contribution in [3.8, 4) is 0 Å². The lowest BCUT2D eigenvalue weighted by molar-refractivity contribution is 0.598. The molecule has 0 bridgehead atoms. The van der Waals surface area contributed by atoms with Crippen molar-refractivity contribution in [3.63, 3.8) is 0 Å². The van der Waals surface area contributed by atoms with Gasteiger partial charge in [-0.3, -0.25) is 4.68 Å². The van der Waals surface area contributed by atoms with Crippen LogP contribution in [0.5, 0.6) is 0 Å². The van der Waals surface area contributed by atoms with E-state index < -0.39 is 0 Å². The molecule has 1 atom stereocenters. The number of benzene rings is 1. The highest BCUT2D eigenvalue weighted by Gasteiger charge is 2.18. The molecule has 2 rings (SSSR count). The van der Waals surface area contributed by atoms with Crippen LogP contribution in [0.2, 0.25) is 10.0 Å². The molecule has 1 unspecified atom stereocenters. The molecular formula is C14H17Cl2N3. The fraction of sp³-hybridized carbons (Fsp3) is 0.357. The van der Waals surface area contributed by atoms with Gasteiger partial charge in [0.15, 0.2) is 0 Å². The summed E-state index contributed by atoms with van der Waals surface area (Å²) in [7, 11) is 1.90. The van der Waals surface area contributed by atoms with Gasteiger partial charge in [-0.2, -0.15) is 5.10 Å². The van der Waals surface area contributed by atoms with Crippen LogP contribution in [0.1, 0.15) is 30.5 Å². The summed E-state index contributed by atoms with van der Waals surface area (Å²) in [5, 5.41) is 9.11. The van der Waals surface area contributed by atoms with E-state index in [0.717, 1.165) is 24.1 Å². The van der Waals surface area contributed by atoms with E-state index in [2.05, 4.69) is 17.3 Å². The molecule has 0 aliphatic rings. The topological polar surface area (TPSA) is 29.9 Å². The van der Waals surface area contributed by atoms with Crippen LogP contribution in [0, 0.1) is 0 Å². The average molecular weight is 298 g/mol. The lowest BCUT2D eigenvalue weighted by Crippen LogP contribution is -2.23. The molecule has 0 radical (unpaired) electrons. The van der Waals surface area contributed by atoms with Gasteiger partial charge in [0.25, 0.3) is 0 Å². The zero-order valence-corrected chi connectivity index (χ0v) is 12.5. The zero-order valence-electron chi connectivity index (χ0n) is 11.0. The standard InChI is InChI=1S/C14H17Cl2N3/c1-3-6-17-14(10-8-18-19(2)9-10)12-7-11(15)4-5-13(12)16/h4-5,7-9,14,17H,3,6H2,1-2H3. The first-order valence-electron chi connectivity index (χ1n) is 6.28. The minimum atomic E-state index is 0.0137. The van der Waals surface area contributed by atoms with Crippen LogP contribution in [0.25, 0.3) is 0 Å². The van der Waals surface area contributed by atoms with Gasteiger partial charge in [0.2, 0.25) is 0 Å². The van der Waals surface area contributed by atoms with Crippen LogP contribution >= 0.6 is 23.2 Å². The largest absolute Gasteiger partial charge is 0.306 e. The highest BCUT2D eigenvalue weighted by atomic mass is 35.5. The van der Waals surface area contributed by atoms with Gasteiger partial charge >= 0.3 is 0 Å². The van der Waals surface area contributed by atoms with Crippen LogP contribution < -0.4 is 5.32 Å². The summed E-state index contributed by atoms with van der Waals surface area (Å²) >= 11 is 12.4. The van der Waals surface area contributed by atoms with Crippen molar-refractivity contribution in [2.45, 2.75) is 19.4 Å². The van der Waals surface area contributed by atoms with E-state index in [1.807, 2.05) is 31.6 Å². The second-order valence-corrected chi connectivity index (χ2v) is 5.34. The van der Waals surface area contributed by atoms with Crippen LogP contribution in [-0.2, 0) is 7.05 Å². The third-order valence-corrected chi connectivity index (χ3v) is 3.50. The Hall–Kier alpha value is -1.03. The SMILES string of the molecule is CCCNC(c1cnn(C)c1)c1cc(Cl)ccc1Cl. The Balaban J connectivity index is 2.39. The Kier molecular flexibility index (Phi) is 4.86. The van der Waals surface area contributed by atoms with Gasteiger partial charge in [0, 0.05) is 28.9 Å².